The van der Waals surface area contributed by atoms with Gasteiger partial charge >= 0.3 is 0 Å². The fourth-order valence-corrected chi connectivity index (χ4v) is 4.49. The zero-order valence-corrected chi connectivity index (χ0v) is 19.5. The van der Waals surface area contributed by atoms with E-state index in [-0.39, 0.29) is 29.6 Å². The number of carbonyl (C=O) groups is 4. The fourth-order valence-electron chi connectivity index (χ4n) is 4.49. The second kappa shape index (κ2) is 11.9. The van der Waals surface area contributed by atoms with Crippen LogP contribution in [0.5, 0.6) is 0 Å². The molecule has 2 fully saturated rings. The van der Waals surface area contributed by atoms with Gasteiger partial charge in [-0.3, -0.25) is 29.4 Å². The molecule has 2 aliphatic heterocycles. The molecule has 2 saturated heterocycles. The molecule has 1 unspecified atom stereocenters. The number of amides is 3. The Morgan fingerprint density at radius 2 is 1.94 bits per heavy atom. The van der Waals surface area contributed by atoms with Crippen LogP contribution in [0, 0.1) is 0 Å². The largest absolute Gasteiger partial charge is 0.370 e. The second-order valence-corrected chi connectivity index (χ2v) is 8.74. The van der Waals surface area contributed by atoms with Crippen LogP contribution in [0.3, 0.4) is 0 Å². The molecule has 0 aliphatic carbocycles. The number of carbonyl (C=O) groups excluding carboxylic acids is 4. The third-order valence-corrected chi connectivity index (χ3v) is 6.72. The molecule has 0 radical (unpaired) electrons. The minimum atomic E-state index is -0.394. The highest BCUT2D eigenvalue weighted by atomic mass is 16.2. The van der Waals surface area contributed by atoms with Gasteiger partial charge in [-0.2, -0.15) is 0 Å². The molecule has 0 bridgehead atoms. The van der Waals surface area contributed by atoms with E-state index in [2.05, 4.69) is 25.4 Å². The lowest BCUT2D eigenvalue weighted by molar-refractivity contribution is -0.125. The van der Waals surface area contributed by atoms with E-state index in [1.54, 1.807) is 19.3 Å². The maximum Gasteiger partial charge on any atom is 0.273 e. The Balaban J connectivity index is 1.61. The number of imide groups is 1. The number of hydrogen-bond donors (Lipinski definition) is 2. The molecule has 10 nitrogen and oxygen atoms in total. The summed E-state index contributed by atoms with van der Waals surface area (Å²) in [6.45, 7) is 7.85. The van der Waals surface area contributed by atoms with E-state index in [0.717, 1.165) is 57.8 Å². The second-order valence-electron chi connectivity index (χ2n) is 8.74. The average Bonchev–Trinajstić information content (AvgIpc) is 2.86. The molecule has 1 aromatic rings. The van der Waals surface area contributed by atoms with Crippen LogP contribution in [-0.4, -0.2) is 97.7 Å². The van der Waals surface area contributed by atoms with Crippen molar-refractivity contribution in [2.45, 2.75) is 44.7 Å². The highest BCUT2D eigenvalue weighted by Gasteiger charge is 2.27. The summed E-state index contributed by atoms with van der Waals surface area (Å²) in [5, 5.41) is 5.48. The van der Waals surface area contributed by atoms with Gasteiger partial charge in [-0.1, -0.05) is 0 Å². The fraction of sp³-hybridized carbons (Fsp3) is 0.609. The van der Waals surface area contributed by atoms with Crippen molar-refractivity contribution in [1.29, 1.82) is 0 Å². The quantitative estimate of drug-likeness (QED) is 0.507. The first kappa shape index (κ1) is 24.8. The Morgan fingerprint density at radius 1 is 1.24 bits per heavy atom. The first-order valence-corrected chi connectivity index (χ1v) is 11.6. The Labute approximate surface area is 194 Å². The van der Waals surface area contributed by atoms with Crippen LogP contribution < -0.4 is 15.5 Å². The molecule has 2 N–H and O–H groups in total. The van der Waals surface area contributed by atoms with Crippen LogP contribution in [0.15, 0.2) is 12.3 Å². The van der Waals surface area contributed by atoms with Crippen LogP contribution in [0.25, 0.3) is 0 Å². The summed E-state index contributed by atoms with van der Waals surface area (Å²) in [6, 6.07) is 2.07. The van der Waals surface area contributed by atoms with E-state index in [1.807, 2.05) is 6.92 Å². The van der Waals surface area contributed by atoms with E-state index in [1.165, 1.54) is 4.90 Å². The van der Waals surface area contributed by atoms with Crippen molar-refractivity contribution in [2.24, 2.45) is 0 Å². The zero-order chi connectivity index (χ0) is 23.8. The first-order chi connectivity index (χ1) is 15.9. The minimum Gasteiger partial charge on any atom is -0.370 e. The van der Waals surface area contributed by atoms with Crippen molar-refractivity contribution in [2.75, 3.05) is 51.2 Å². The summed E-state index contributed by atoms with van der Waals surface area (Å²) in [4.78, 5) is 57.2. The Hall–Kier alpha value is -2.85. The summed E-state index contributed by atoms with van der Waals surface area (Å²) in [5.41, 5.74) is 1.23. The number of piperazine rings is 1. The van der Waals surface area contributed by atoms with Crippen LogP contribution >= 0.6 is 0 Å². The van der Waals surface area contributed by atoms with Crippen molar-refractivity contribution < 1.29 is 19.2 Å². The van der Waals surface area contributed by atoms with Gasteiger partial charge in [-0.05, 0) is 32.3 Å². The summed E-state index contributed by atoms with van der Waals surface area (Å²) in [7, 11) is 1.62. The van der Waals surface area contributed by atoms with E-state index in [9.17, 15) is 19.2 Å². The molecule has 3 heterocycles. The molecule has 0 saturated carbocycles. The monoisotopic (exact) mass is 458 g/mol. The SMILES string of the molecule is CC(CCC(=O)NC=O)N(C)C(=O)c1ncc(N2CCC(N3CCNCC3)CC2)cc1C=O. The van der Waals surface area contributed by atoms with E-state index < -0.39 is 5.91 Å². The summed E-state index contributed by atoms with van der Waals surface area (Å²) >= 11 is 0. The minimum absolute atomic E-state index is 0.108. The van der Waals surface area contributed by atoms with Gasteiger partial charge in [-0.15, -0.1) is 0 Å². The molecule has 10 heteroatoms. The summed E-state index contributed by atoms with van der Waals surface area (Å²) < 4.78 is 0. The molecular weight excluding hydrogens is 424 g/mol. The van der Waals surface area contributed by atoms with Crippen LogP contribution in [-0.2, 0) is 9.59 Å². The molecule has 2 aliphatic rings. The Morgan fingerprint density at radius 3 is 2.58 bits per heavy atom. The predicted molar refractivity (Wildman–Crippen MR) is 124 cm³/mol. The van der Waals surface area contributed by atoms with Gasteiger partial charge in [0.05, 0.1) is 11.9 Å². The number of piperidine rings is 1. The van der Waals surface area contributed by atoms with Gasteiger partial charge in [0.15, 0.2) is 6.29 Å². The van der Waals surface area contributed by atoms with Crippen molar-refractivity contribution >= 4 is 30.2 Å². The number of nitrogens with one attached hydrogen (secondary N) is 2. The summed E-state index contributed by atoms with van der Waals surface area (Å²) in [5.74, 6) is -0.765. The maximum atomic E-state index is 13.0. The molecule has 33 heavy (non-hydrogen) atoms. The maximum absolute atomic E-state index is 13.0. The number of pyridine rings is 1. The lowest BCUT2D eigenvalue weighted by atomic mass is 10.0. The van der Waals surface area contributed by atoms with E-state index >= 15 is 0 Å². The van der Waals surface area contributed by atoms with E-state index in [0.29, 0.717) is 25.2 Å². The molecule has 0 spiro atoms. The van der Waals surface area contributed by atoms with Crippen molar-refractivity contribution in [3.05, 3.63) is 23.5 Å². The van der Waals surface area contributed by atoms with Crippen LogP contribution in [0.1, 0.15) is 53.5 Å². The van der Waals surface area contributed by atoms with Gasteiger partial charge in [0.25, 0.3) is 5.91 Å². The number of aldehydes is 1. The lowest BCUT2D eigenvalue weighted by Gasteiger charge is -2.41. The molecule has 180 valence electrons. The predicted octanol–water partition coefficient (Wildman–Crippen LogP) is 0.281. The van der Waals surface area contributed by atoms with Crippen LogP contribution in [0.4, 0.5) is 5.69 Å². The molecule has 0 aromatic carbocycles. The Kier molecular flexibility index (Phi) is 8.90. The molecule has 1 atom stereocenters. The molecule has 3 rings (SSSR count). The highest BCUT2D eigenvalue weighted by molar-refractivity contribution is 6.00. The average molecular weight is 459 g/mol. The van der Waals surface area contributed by atoms with Gasteiger partial charge in [0, 0.05) is 70.4 Å². The number of aromatic nitrogens is 1. The number of nitrogens with zero attached hydrogens (tertiary/aromatic N) is 4. The Bertz CT molecular complexity index is 849. The molecule has 3 amide bonds. The number of anilines is 1. The van der Waals surface area contributed by atoms with Gasteiger partial charge < -0.3 is 15.1 Å². The van der Waals surface area contributed by atoms with Crippen molar-refractivity contribution in [1.82, 2.24) is 25.4 Å². The number of hydrogen-bond acceptors (Lipinski definition) is 8. The van der Waals surface area contributed by atoms with Crippen molar-refractivity contribution in [3.8, 4) is 0 Å². The van der Waals surface area contributed by atoms with Gasteiger partial charge in [-0.25, -0.2) is 4.98 Å². The summed E-state index contributed by atoms with van der Waals surface area (Å²) in [6.07, 6.45) is 5.32. The lowest BCUT2D eigenvalue weighted by Crippen LogP contribution is -2.52. The van der Waals surface area contributed by atoms with Gasteiger partial charge in [0.2, 0.25) is 12.3 Å². The van der Waals surface area contributed by atoms with E-state index in [4.69, 9.17) is 0 Å². The van der Waals surface area contributed by atoms with Gasteiger partial charge in [0.1, 0.15) is 5.69 Å². The van der Waals surface area contributed by atoms with Crippen LogP contribution in [0.2, 0.25) is 0 Å². The molecular formula is C23H34N6O4. The number of rotatable bonds is 9. The third kappa shape index (κ3) is 6.35. The standard InChI is InChI=1S/C23H34N6O4/c1-17(3-4-21(32)26-16-31)27(2)23(33)22-18(15-30)13-20(14-25-22)28-9-5-19(6-10-28)29-11-7-24-8-12-29/h13-17,19,24H,3-12H2,1-2H3,(H,26,31,32). The first-order valence-electron chi connectivity index (χ1n) is 11.6. The van der Waals surface area contributed by atoms with Crippen molar-refractivity contribution in [3.63, 3.8) is 0 Å². The highest BCUT2D eigenvalue weighted by Crippen LogP contribution is 2.24. The zero-order valence-electron chi connectivity index (χ0n) is 19.5. The normalized spacial score (nSPS) is 18.4. The topological polar surface area (TPSA) is 115 Å². The smallest absolute Gasteiger partial charge is 0.273 e. The molecule has 1 aromatic heterocycles. The third-order valence-electron chi connectivity index (χ3n) is 6.72.